The van der Waals surface area contributed by atoms with Gasteiger partial charge in [-0.05, 0) is 43.7 Å². The van der Waals surface area contributed by atoms with Crippen molar-refractivity contribution < 1.29 is 18.7 Å². The van der Waals surface area contributed by atoms with Crippen LogP contribution in [0.1, 0.15) is 55.4 Å². The molecular weight excluding hydrogens is 401 g/mol. The molecule has 4 rings (SSSR count). The molecule has 3 N–H and O–H groups in total. The summed E-state index contributed by atoms with van der Waals surface area (Å²) in [7, 11) is 0. The van der Waals surface area contributed by atoms with E-state index in [0.29, 0.717) is 12.0 Å². The Bertz CT molecular complexity index is 960. The minimum absolute atomic E-state index is 0.208. The number of nitrogens with one attached hydrogen (secondary N) is 1. The van der Waals surface area contributed by atoms with E-state index in [1.807, 2.05) is 0 Å². The molecule has 0 bridgehead atoms. The van der Waals surface area contributed by atoms with Crippen molar-refractivity contribution in [3.05, 3.63) is 42.1 Å². The van der Waals surface area contributed by atoms with Gasteiger partial charge in [0, 0.05) is 30.4 Å². The van der Waals surface area contributed by atoms with Crippen molar-refractivity contribution in [2.45, 2.75) is 51.0 Å². The van der Waals surface area contributed by atoms with Crippen LogP contribution in [0, 0.1) is 11.7 Å². The third kappa shape index (κ3) is 5.48. The second-order valence-corrected chi connectivity index (χ2v) is 8.17. The summed E-state index contributed by atoms with van der Waals surface area (Å²) in [5.41, 5.74) is 5.32. The van der Waals surface area contributed by atoms with Crippen molar-refractivity contribution in [3.63, 3.8) is 0 Å². The first-order valence-electron chi connectivity index (χ1n) is 10.7. The number of rotatable bonds is 7. The van der Waals surface area contributed by atoms with Crippen molar-refractivity contribution in [1.29, 1.82) is 0 Å². The summed E-state index contributed by atoms with van der Waals surface area (Å²) in [6.07, 6.45) is 8.73. The number of carbonyl (C=O) groups excluding carboxylic acids is 2. The van der Waals surface area contributed by atoms with E-state index in [1.54, 1.807) is 6.07 Å². The van der Waals surface area contributed by atoms with E-state index in [-0.39, 0.29) is 17.1 Å². The van der Waals surface area contributed by atoms with E-state index in [2.05, 4.69) is 24.9 Å². The lowest BCUT2D eigenvalue weighted by atomic mass is 9.94. The molecule has 0 spiro atoms. The van der Waals surface area contributed by atoms with Gasteiger partial charge in [0.2, 0.25) is 0 Å². The van der Waals surface area contributed by atoms with Crippen LogP contribution in [0.5, 0.6) is 5.75 Å². The number of aromatic nitrogens is 2. The van der Waals surface area contributed by atoms with Gasteiger partial charge in [-0.25, -0.2) is 19.2 Å². The van der Waals surface area contributed by atoms with Crippen molar-refractivity contribution >= 4 is 23.5 Å². The molecule has 2 aromatic rings. The van der Waals surface area contributed by atoms with Crippen LogP contribution in [0.15, 0.2) is 30.6 Å². The Hall–Kier alpha value is -3.23. The summed E-state index contributed by atoms with van der Waals surface area (Å²) in [6, 6.07) is 5.84. The summed E-state index contributed by atoms with van der Waals surface area (Å²) in [5, 5.41) is 2.62. The number of nitrogens with two attached hydrogens (primary N) is 1. The topological polar surface area (TPSA) is 110 Å². The average molecular weight is 427 g/mol. The Morgan fingerprint density at radius 3 is 2.58 bits per heavy atom. The molecule has 9 heteroatoms. The molecule has 0 radical (unpaired) electrons. The SMILES string of the molecule is NC(=O)Oc1ccc(NC(=O)c2cc(N(CC3CC3)C3CCCCC3)ncn2)cc1F. The van der Waals surface area contributed by atoms with Crippen LogP contribution in [0.2, 0.25) is 0 Å². The minimum atomic E-state index is -1.11. The zero-order valence-corrected chi connectivity index (χ0v) is 17.2. The van der Waals surface area contributed by atoms with Gasteiger partial charge in [-0.15, -0.1) is 0 Å². The second-order valence-electron chi connectivity index (χ2n) is 8.17. The Morgan fingerprint density at radius 2 is 1.90 bits per heavy atom. The molecule has 2 amide bonds. The quantitative estimate of drug-likeness (QED) is 0.694. The molecular formula is C22H26FN5O3. The number of hydrogen-bond acceptors (Lipinski definition) is 6. The fourth-order valence-electron chi connectivity index (χ4n) is 3.99. The molecule has 2 saturated carbocycles. The van der Waals surface area contributed by atoms with Crippen molar-refractivity contribution in [2.24, 2.45) is 11.7 Å². The van der Waals surface area contributed by atoms with Gasteiger partial charge in [0.15, 0.2) is 11.6 Å². The highest BCUT2D eigenvalue weighted by molar-refractivity contribution is 6.03. The van der Waals surface area contributed by atoms with Gasteiger partial charge >= 0.3 is 6.09 Å². The van der Waals surface area contributed by atoms with E-state index in [4.69, 9.17) is 5.73 Å². The van der Waals surface area contributed by atoms with E-state index >= 15 is 0 Å². The molecule has 1 heterocycles. The molecule has 2 aliphatic rings. The Labute approximate surface area is 180 Å². The lowest BCUT2D eigenvalue weighted by Gasteiger charge is -2.35. The predicted octanol–water partition coefficient (Wildman–Crippen LogP) is 3.87. The Kier molecular flexibility index (Phi) is 6.29. The molecule has 8 nitrogen and oxygen atoms in total. The number of carbonyl (C=O) groups is 2. The standard InChI is InChI=1S/C22H26FN5O3/c23-17-10-15(8-9-19(17)31-22(24)30)27-21(29)18-11-20(26-13-25-18)28(12-14-6-7-14)16-4-2-1-3-5-16/h8-11,13-14,16H,1-7,12H2,(H2,24,30)(H,27,29). The van der Waals surface area contributed by atoms with E-state index < -0.39 is 17.8 Å². The normalized spacial score (nSPS) is 16.5. The van der Waals surface area contributed by atoms with Gasteiger partial charge in [-0.2, -0.15) is 0 Å². The molecule has 1 aromatic heterocycles. The zero-order valence-electron chi connectivity index (χ0n) is 17.2. The van der Waals surface area contributed by atoms with Gasteiger partial charge in [0.05, 0.1) is 0 Å². The van der Waals surface area contributed by atoms with E-state index in [1.165, 1.54) is 50.6 Å². The number of benzene rings is 1. The smallest absolute Gasteiger partial charge is 0.407 e. The largest absolute Gasteiger partial charge is 0.410 e. The highest BCUT2D eigenvalue weighted by Crippen LogP contribution is 2.34. The number of halogens is 1. The third-order valence-corrected chi connectivity index (χ3v) is 5.75. The summed E-state index contributed by atoms with van der Waals surface area (Å²) in [5.74, 6) is -0.138. The monoisotopic (exact) mass is 427 g/mol. The fraction of sp³-hybridized carbons (Fsp3) is 0.455. The maximum Gasteiger partial charge on any atom is 0.410 e. The summed E-state index contributed by atoms with van der Waals surface area (Å²) < 4.78 is 18.6. The summed E-state index contributed by atoms with van der Waals surface area (Å²) in [6.45, 7) is 0.954. The van der Waals surface area contributed by atoms with Gasteiger partial charge in [0.25, 0.3) is 5.91 Å². The van der Waals surface area contributed by atoms with Crippen LogP contribution in [-0.4, -0.2) is 34.6 Å². The molecule has 31 heavy (non-hydrogen) atoms. The van der Waals surface area contributed by atoms with Crippen LogP contribution in [-0.2, 0) is 0 Å². The zero-order chi connectivity index (χ0) is 21.8. The van der Waals surface area contributed by atoms with Crippen molar-refractivity contribution in [2.75, 3.05) is 16.8 Å². The summed E-state index contributed by atoms with van der Waals surface area (Å²) >= 11 is 0. The first kappa shape index (κ1) is 21.0. The van der Waals surface area contributed by atoms with Crippen molar-refractivity contribution in [1.82, 2.24) is 9.97 Å². The number of hydrogen-bond donors (Lipinski definition) is 2. The fourth-order valence-corrected chi connectivity index (χ4v) is 3.99. The second kappa shape index (κ2) is 9.28. The molecule has 164 valence electrons. The highest BCUT2D eigenvalue weighted by Gasteiger charge is 2.30. The van der Waals surface area contributed by atoms with Gasteiger partial charge in [0.1, 0.15) is 17.8 Å². The lowest BCUT2D eigenvalue weighted by molar-refractivity contribution is 0.102. The van der Waals surface area contributed by atoms with Crippen LogP contribution in [0.3, 0.4) is 0 Å². The van der Waals surface area contributed by atoms with E-state index in [9.17, 15) is 14.0 Å². The maximum absolute atomic E-state index is 14.1. The molecule has 2 fully saturated rings. The van der Waals surface area contributed by atoms with E-state index in [0.717, 1.165) is 31.3 Å². The summed E-state index contributed by atoms with van der Waals surface area (Å²) in [4.78, 5) is 34.4. The molecule has 0 atom stereocenters. The maximum atomic E-state index is 14.1. The first-order valence-corrected chi connectivity index (χ1v) is 10.7. The molecule has 0 saturated heterocycles. The third-order valence-electron chi connectivity index (χ3n) is 5.75. The minimum Gasteiger partial charge on any atom is -0.407 e. The highest BCUT2D eigenvalue weighted by atomic mass is 19.1. The number of primary amides is 1. The van der Waals surface area contributed by atoms with Crippen LogP contribution < -0.4 is 20.7 Å². The first-order chi connectivity index (χ1) is 15.0. The Balaban J connectivity index is 1.49. The molecule has 0 unspecified atom stereocenters. The van der Waals surface area contributed by atoms with Crippen LogP contribution in [0.4, 0.5) is 20.7 Å². The van der Waals surface area contributed by atoms with Crippen molar-refractivity contribution in [3.8, 4) is 5.75 Å². The van der Waals surface area contributed by atoms with Gasteiger partial charge in [-0.3, -0.25) is 4.79 Å². The predicted molar refractivity (Wildman–Crippen MR) is 114 cm³/mol. The van der Waals surface area contributed by atoms with Crippen LogP contribution in [0.25, 0.3) is 0 Å². The molecule has 0 aliphatic heterocycles. The Morgan fingerprint density at radius 1 is 1.13 bits per heavy atom. The number of amides is 2. The number of anilines is 2. The van der Waals surface area contributed by atoms with Gasteiger partial charge in [-0.1, -0.05) is 19.3 Å². The number of ether oxygens (including phenoxy) is 1. The number of nitrogens with zero attached hydrogens (tertiary/aromatic N) is 3. The lowest BCUT2D eigenvalue weighted by Crippen LogP contribution is -2.39. The molecule has 2 aliphatic carbocycles. The van der Waals surface area contributed by atoms with Crippen LogP contribution >= 0.6 is 0 Å². The average Bonchev–Trinajstić information content (AvgIpc) is 3.59. The van der Waals surface area contributed by atoms with Gasteiger partial charge < -0.3 is 20.7 Å². The molecule has 1 aromatic carbocycles.